The van der Waals surface area contributed by atoms with E-state index in [4.69, 9.17) is 15.0 Å². The van der Waals surface area contributed by atoms with Crippen LogP contribution in [0.2, 0.25) is 0 Å². The molecule has 96 valence electrons. The summed E-state index contributed by atoms with van der Waals surface area (Å²) in [4.78, 5) is 0. The van der Waals surface area contributed by atoms with Crippen LogP contribution in [0.3, 0.4) is 0 Å². The number of hydrogen-bond donors (Lipinski definition) is 1. The topological polar surface area (TPSA) is 61.3 Å². The molecule has 2 rings (SSSR count). The summed E-state index contributed by atoms with van der Waals surface area (Å²) in [5.41, 5.74) is 8.43. The molecule has 1 aromatic heterocycles. The van der Waals surface area contributed by atoms with Crippen LogP contribution in [0, 0.1) is 0 Å². The number of aromatic nitrogens is 1. The maximum absolute atomic E-state index is 5.58. The van der Waals surface area contributed by atoms with Crippen LogP contribution in [0.25, 0.3) is 11.3 Å². The van der Waals surface area contributed by atoms with Crippen molar-refractivity contribution in [1.82, 2.24) is 5.16 Å². The molecule has 4 nitrogen and oxygen atoms in total. The summed E-state index contributed by atoms with van der Waals surface area (Å²) in [6.07, 6.45) is 0. The average Bonchev–Trinajstić information content (AvgIpc) is 2.76. The molecule has 0 aliphatic rings. The summed E-state index contributed by atoms with van der Waals surface area (Å²) in [6, 6.07) is 9.83. The van der Waals surface area contributed by atoms with Crippen LogP contribution < -0.4 is 5.73 Å². The van der Waals surface area contributed by atoms with Crippen molar-refractivity contribution in [3.05, 3.63) is 35.9 Å². The highest BCUT2D eigenvalue weighted by molar-refractivity contribution is 5.66. The predicted octanol–water partition coefficient (Wildman–Crippen LogP) is 2.85. The zero-order valence-electron chi connectivity index (χ0n) is 10.9. The third kappa shape index (κ3) is 2.38. The van der Waals surface area contributed by atoms with Crippen molar-refractivity contribution in [2.24, 2.45) is 0 Å². The molecular formula is C14H18N2O2. The number of hydrogen-bond acceptors (Lipinski definition) is 4. The minimum absolute atomic E-state index is 0.0982. The van der Waals surface area contributed by atoms with E-state index >= 15 is 0 Å². The van der Waals surface area contributed by atoms with E-state index in [1.807, 2.05) is 18.2 Å². The Balaban J connectivity index is 2.49. The first-order valence-electron chi connectivity index (χ1n) is 5.85. The van der Waals surface area contributed by atoms with Gasteiger partial charge in [-0.05, 0) is 5.56 Å². The second-order valence-corrected chi connectivity index (χ2v) is 4.98. The third-order valence-corrected chi connectivity index (χ3v) is 2.97. The fourth-order valence-electron chi connectivity index (χ4n) is 2.15. The van der Waals surface area contributed by atoms with Gasteiger partial charge in [-0.15, -0.1) is 0 Å². The lowest BCUT2D eigenvalue weighted by molar-refractivity contribution is 0.147. The van der Waals surface area contributed by atoms with Crippen LogP contribution in [-0.4, -0.2) is 18.9 Å². The van der Waals surface area contributed by atoms with E-state index < -0.39 is 0 Å². The maximum atomic E-state index is 5.58. The molecular weight excluding hydrogens is 228 g/mol. The maximum Gasteiger partial charge on any atom is 0.222 e. The van der Waals surface area contributed by atoms with Gasteiger partial charge in [-0.3, -0.25) is 0 Å². The van der Waals surface area contributed by atoms with Gasteiger partial charge in [-0.1, -0.05) is 43.3 Å². The molecule has 0 saturated heterocycles. The van der Waals surface area contributed by atoms with E-state index in [2.05, 4.69) is 25.1 Å². The predicted molar refractivity (Wildman–Crippen MR) is 71.3 cm³/mol. The number of methoxy groups -OCH3 is 1. The molecule has 0 aliphatic heterocycles. The normalized spacial score (nSPS) is 11.7. The van der Waals surface area contributed by atoms with Gasteiger partial charge in [-0.2, -0.15) is 0 Å². The standard InChI is InChI=1S/C14H18N2O2/c1-14(2,9-17-3)11-7-5-4-6-10(11)12-8-13(15)18-16-12/h4-8H,9,15H2,1-3H3. The third-order valence-electron chi connectivity index (χ3n) is 2.97. The Labute approximate surface area is 107 Å². The molecule has 0 unspecified atom stereocenters. The Kier molecular flexibility index (Phi) is 3.39. The minimum atomic E-state index is -0.0982. The quantitative estimate of drug-likeness (QED) is 0.901. The van der Waals surface area contributed by atoms with Crippen molar-refractivity contribution >= 4 is 5.88 Å². The van der Waals surface area contributed by atoms with Crippen LogP contribution in [0.15, 0.2) is 34.9 Å². The number of nitrogens with two attached hydrogens (primary N) is 1. The second-order valence-electron chi connectivity index (χ2n) is 4.98. The molecule has 4 heteroatoms. The van der Waals surface area contributed by atoms with Gasteiger partial charge >= 0.3 is 0 Å². The first-order chi connectivity index (χ1) is 8.54. The number of rotatable bonds is 4. The fraction of sp³-hybridized carbons (Fsp3) is 0.357. The van der Waals surface area contributed by atoms with Crippen LogP contribution >= 0.6 is 0 Å². The van der Waals surface area contributed by atoms with Crippen LogP contribution in [0.1, 0.15) is 19.4 Å². The lowest BCUT2D eigenvalue weighted by atomic mass is 9.82. The molecule has 0 amide bonds. The lowest BCUT2D eigenvalue weighted by Gasteiger charge is -2.26. The summed E-state index contributed by atoms with van der Waals surface area (Å²) in [6.45, 7) is 4.91. The van der Waals surface area contributed by atoms with Gasteiger partial charge in [0.1, 0.15) is 5.69 Å². The molecule has 0 radical (unpaired) electrons. The van der Waals surface area contributed by atoms with Gasteiger partial charge in [0, 0.05) is 24.2 Å². The highest BCUT2D eigenvalue weighted by atomic mass is 16.5. The van der Waals surface area contributed by atoms with E-state index in [1.165, 1.54) is 5.56 Å². The molecule has 18 heavy (non-hydrogen) atoms. The molecule has 1 heterocycles. The van der Waals surface area contributed by atoms with E-state index in [0.717, 1.165) is 11.3 Å². The van der Waals surface area contributed by atoms with E-state index in [9.17, 15) is 0 Å². The number of ether oxygens (including phenoxy) is 1. The largest absolute Gasteiger partial charge is 0.384 e. The minimum Gasteiger partial charge on any atom is -0.384 e. The van der Waals surface area contributed by atoms with Gasteiger partial charge in [-0.25, -0.2) is 0 Å². The summed E-state index contributed by atoms with van der Waals surface area (Å²) in [5, 5.41) is 3.98. The van der Waals surface area contributed by atoms with Crippen molar-refractivity contribution in [3.8, 4) is 11.3 Å². The van der Waals surface area contributed by atoms with Crippen molar-refractivity contribution in [2.45, 2.75) is 19.3 Å². The number of benzene rings is 1. The van der Waals surface area contributed by atoms with Gasteiger partial charge < -0.3 is 15.0 Å². The Bertz CT molecular complexity index is 532. The Hall–Kier alpha value is -1.81. The zero-order valence-corrected chi connectivity index (χ0v) is 10.9. The van der Waals surface area contributed by atoms with E-state index in [1.54, 1.807) is 13.2 Å². The van der Waals surface area contributed by atoms with E-state index in [0.29, 0.717) is 12.5 Å². The van der Waals surface area contributed by atoms with Crippen molar-refractivity contribution < 1.29 is 9.26 Å². The molecule has 0 saturated carbocycles. The van der Waals surface area contributed by atoms with Crippen LogP contribution in [-0.2, 0) is 10.2 Å². The smallest absolute Gasteiger partial charge is 0.222 e. The Morgan fingerprint density at radius 2 is 2.06 bits per heavy atom. The van der Waals surface area contributed by atoms with Gasteiger partial charge in [0.05, 0.1) is 6.61 Å². The first-order valence-corrected chi connectivity index (χ1v) is 5.85. The second kappa shape index (κ2) is 4.82. The van der Waals surface area contributed by atoms with Gasteiger partial charge in [0.25, 0.3) is 0 Å². The summed E-state index contributed by atoms with van der Waals surface area (Å²) >= 11 is 0. The molecule has 0 spiro atoms. The Morgan fingerprint density at radius 1 is 1.33 bits per heavy atom. The molecule has 0 aliphatic carbocycles. The van der Waals surface area contributed by atoms with Crippen LogP contribution in [0.5, 0.6) is 0 Å². The number of nitrogens with zero attached hydrogens (tertiary/aromatic N) is 1. The molecule has 2 aromatic rings. The summed E-state index contributed by atoms with van der Waals surface area (Å²) in [5.74, 6) is 0.323. The first kappa shape index (κ1) is 12.6. The monoisotopic (exact) mass is 246 g/mol. The number of anilines is 1. The van der Waals surface area contributed by atoms with E-state index in [-0.39, 0.29) is 5.41 Å². The highest BCUT2D eigenvalue weighted by Crippen LogP contribution is 2.33. The molecule has 1 aromatic carbocycles. The Morgan fingerprint density at radius 3 is 2.67 bits per heavy atom. The highest BCUT2D eigenvalue weighted by Gasteiger charge is 2.24. The van der Waals surface area contributed by atoms with Crippen molar-refractivity contribution in [3.63, 3.8) is 0 Å². The molecule has 0 atom stereocenters. The van der Waals surface area contributed by atoms with Crippen molar-refractivity contribution in [1.29, 1.82) is 0 Å². The number of nitrogen functional groups attached to an aromatic ring is 1. The SMILES string of the molecule is COCC(C)(C)c1ccccc1-c1cc(N)on1. The summed E-state index contributed by atoms with van der Waals surface area (Å²) < 4.78 is 10.2. The van der Waals surface area contributed by atoms with Crippen molar-refractivity contribution in [2.75, 3.05) is 19.5 Å². The van der Waals surface area contributed by atoms with Crippen LogP contribution in [0.4, 0.5) is 5.88 Å². The average molecular weight is 246 g/mol. The fourth-order valence-corrected chi connectivity index (χ4v) is 2.15. The zero-order chi connectivity index (χ0) is 13.2. The molecule has 2 N–H and O–H groups in total. The molecule has 0 fully saturated rings. The summed E-state index contributed by atoms with van der Waals surface area (Å²) in [7, 11) is 1.71. The van der Waals surface area contributed by atoms with Gasteiger partial charge in [0.2, 0.25) is 5.88 Å². The molecule has 0 bridgehead atoms. The van der Waals surface area contributed by atoms with Gasteiger partial charge in [0.15, 0.2) is 0 Å². The lowest BCUT2D eigenvalue weighted by Crippen LogP contribution is -2.24.